The van der Waals surface area contributed by atoms with Crippen molar-refractivity contribution in [2.24, 2.45) is 0 Å². The van der Waals surface area contributed by atoms with Crippen LogP contribution in [0.3, 0.4) is 0 Å². The summed E-state index contributed by atoms with van der Waals surface area (Å²) in [5.74, 6) is -0.576. The van der Waals surface area contributed by atoms with Crippen molar-refractivity contribution in [2.75, 3.05) is 6.54 Å². The number of likely N-dealkylation sites (tertiary alicyclic amines) is 1. The first-order chi connectivity index (χ1) is 12.5. The summed E-state index contributed by atoms with van der Waals surface area (Å²) >= 11 is 0. The lowest BCUT2D eigenvalue weighted by atomic mass is 10.1. The second-order valence-electron chi connectivity index (χ2n) is 7.15. The average molecular weight is 358 g/mol. The highest BCUT2D eigenvalue weighted by molar-refractivity contribution is 5.92. The maximum atomic E-state index is 12.2. The second-order valence-corrected chi connectivity index (χ2v) is 7.15. The molecule has 6 nitrogen and oxygen atoms in total. The molecule has 1 atom stereocenters. The van der Waals surface area contributed by atoms with Gasteiger partial charge in [-0.2, -0.15) is 0 Å². The van der Waals surface area contributed by atoms with Gasteiger partial charge in [-0.1, -0.05) is 25.0 Å². The quantitative estimate of drug-likeness (QED) is 0.793. The zero-order chi connectivity index (χ0) is 18.5. The van der Waals surface area contributed by atoms with Crippen LogP contribution in [-0.4, -0.2) is 41.4 Å². The Balaban J connectivity index is 1.50. The Bertz CT molecular complexity index is 665. The van der Waals surface area contributed by atoms with E-state index in [4.69, 9.17) is 4.74 Å². The van der Waals surface area contributed by atoms with Crippen molar-refractivity contribution in [3.05, 3.63) is 35.4 Å². The summed E-state index contributed by atoms with van der Waals surface area (Å²) in [6.45, 7) is 2.94. The second kappa shape index (κ2) is 8.34. The highest BCUT2D eigenvalue weighted by atomic mass is 16.5. The molecule has 2 aliphatic rings. The van der Waals surface area contributed by atoms with Crippen molar-refractivity contribution in [3.8, 4) is 0 Å². The predicted molar refractivity (Wildman–Crippen MR) is 96.4 cm³/mol. The third-order valence-corrected chi connectivity index (χ3v) is 5.09. The van der Waals surface area contributed by atoms with Crippen molar-refractivity contribution < 1.29 is 19.1 Å². The van der Waals surface area contributed by atoms with E-state index in [-0.39, 0.29) is 17.9 Å². The fourth-order valence-electron chi connectivity index (χ4n) is 3.51. The monoisotopic (exact) mass is 358 g/mol. The highest BCUT2D eigenvalue weighted by Gasteiger charge is 2.24. The van der Waals surface area contributed by atoms with Gasteiger partial charge in [0.2, 0.25) is 5.91 Å². The Labute approximate surface area is 153 Å². The lowest BCUT2D eigenvalue weighted by Crippen LogP contribution is -2.40. The summed E-state index contributed by atoms with van der Waals surface area (Å²) in [7, 11) is 0. The van der Waals surface area contributed by atoms with Gasteiger partial charge in [-0.25, -0.2) is 4.79 Å². The van der Waals surface area contributed by atoms with E-state index < -0.39 is 12.1 Å². The van der Waals surface area contributed by atoms with Crippen LogP contribution in [0, 0.1) is 0 Å². The van der Waals surface area contributed by atoms with E-state index in [1.165, 1.54) is 0 Å². The number of nitrogens with one attached hydrogen (secondary N) is 1. The predicted octanol–water partition coefficient (Wildman–Crippen LogP) is 2.41. The Morgan fingerprint density at radius 3 is 2.50 bits per heavy atom. The van der Waals surface area contributed by atoms with Gasteiger partial charge in [0.15, 0.2) is 6.10 Å². The molecule has 2 fully saturated rings. The molecule has 6 heteroatoms. The topological polar surface area (TPSA) is 75.7 Å². The number of ether oxygens (including phenoxy) is 1. The van der Waals surface area contributed by atoms with Crippen LogP contribution in [0.15, 0.2) is 24.3 Å². The molecule has 0 radical (unpaired) electrons. The minimum Gasteiger partial charge on any atom is -0.449 e. The van der Waals surface area contributed by atoms with Gasteiger partial charge in [0.1, 0.15) is 0 Å². The van der Waals surface area contributed by atoms with E-state index in [0.29, 0.717) is 18.5 Å². The summed E-state index contributed by atoms with van der Waals surface area (Å²) in [5.41, 5.74) is 1.38. The van der Waals surface area contributed by atoms with E-state index >= 15 is 0 Å². The molecule has 0 spiro atoms. The Morgan fingerprint density at radius 2 is 1.88 bits per heavy atom. The van der Waals surface area contributed by atoms with Gasteiger partial charge >= 0.3 is 5.97 Å². The maximum Gasteiger partial charge on any atom is 0.338 e. The molecule has 140 valence electrons. The minimum atomic E-state index is -0.815. The zero-order valence-electron chi connectivity index (χ0n) is 15.2. The highest BCUT2D eigenvalue weighted by Crippen LogP contribution is 2.18. The molecule has 1 aliphatic carbocycles. The molecule has 0 aromatic heterocycles. The number of rotatable bonds is 6. The number of nitrogens with zero attached hydrogens (tertiary/aromatic N) is 1. The van der Waals surface area contributed by atoms with Crippen LogP contribution in [-0.2, 0) is 20.9 Å². The van der Waals surface area contributed by atoms with E-state index in [1.54, 1.807) is 19.1 Å². The van der Waals surface area contributed by atoms with Gasteiger partial charge in [0, 0.05) is 25.6 Å². The number of amides is 2. The average Bonchev–Trinajstić information content (AvgIpc) is 3.27. The molecule has 1 saturated carbocycles. The maximum absolute atomic E-state index is 12.2. The smallest absolute Gasteiger partial charge is 0.338 e. The minimum absolute atomic E-state index is 0.176. The molecule has 1 saturated heterocycles. The van der Waals surface area contributed by atoms with Crippen LogP contribution >= 0.6 is 0 Å². The molecule has 1 aromatic carbocycles. The van der Waals surface area contributed by atoms with Gasteiger partial charge < -0.3 is 15.0 Å². The number of esters is 1. The number of hydrogen-bond acceptors (Lipinski definition) is 4. The van der Waals surface area contributed by atoms with Crippen molar-refractivity contribution in [1.82, 2.24) is 10.2 Å². The van der Waals surface area contributed by atoms with Gasteiger partial charge in [-0.05, 0) is 43.9 Å². The lowest BCUT2D eigenvalue weighted by Gasteiger charge is -2.17. The first-order valence-electron chi connectivity index (χ1n) is 9.41. The van der Waals surface area contributed by atoms with Gasteiger partial charge in [0.25, 0.3) is 5.91 Å². The van der Waals surface area contributed by atoms with E-state index in [1.807, 2.05) is 17.0 Å². The standard InChI is InChI=1S/C20H26N2O4/c1-14(19(24)21-17-5-2-3-6-17)26-20(25)16-10-8-15(9-11-16)13-22-12-4-7-18(22)23/h8-11,14,17H,2-7,12-13H2,1H3,(H,21,24)/t14-/m0/s1. The van der Waals surface area contributed by atoms with Crippen molar-refractivity contribution in [2.45, 2.75) is 64.1 Å². The molecule has 0 unspecified atom stereocenters. The first-order valence-corrected chi connectivity index (χ1v) is 9.41. The zero-order valence-corrected chi connectivity index (χ0v) is 15.2. The number of carbonyl (C=O) groups excluding carboxylic acids is 3. The Morgan fingerprint density at radius 1 is 1.19 bits per heavy atom. The fraction of sp³-hybridized carbons (Fsp3) is 0.550. The molecule has 1 N–H and O–H groups in total. The van der Waals surface area contributed by atoms with Crippen molar-refractivity contribution >= 4 is 17.8 Å². The molecule has 2 amide bonds. The van der Waals surface area contributed by atoms with Crippen molar-refractivity contribution in [3.63, 3.8) is 0 Å². The fourth-order valence-corrected chi connectivity index (χ4v) is 3.51. The van der Waals surface area contributed by atoms with Crippen LogP contribution in [0.1, 0.15) is 61.4 Å². The lowest BCUT2D eigenvalue weighted by molar-refractivity contribution is -0.130. The molecular weight excluding hydrogens is 332 g/mol. The molecule has 1 aromatic rings. The number of carbonyl (C=O) groups is 3. The SMILES string of the molecule is C[C@H](OC(=O)c1ccc(CN2CCCC2=O)cc1)C(=O)NC1CCCC1. The van der Waals surface area contributed by atoms with Gasteiger partial charge in [-0.15, -0.1) is 0 Å². The summed E-state index contributed by atoms with van der Waals surface area (Å²) in [6.07, 6.45) is 4.96. The number of hydrogen-bond donors (Lipinski definition) is 1. The largest absolute Gasteiger partial charge is 0.449 e. The summed E-state index contributed by atoms with van der Waals surface area (Å²) in [5, 5.41) is 2.94. The van der Waals surface area contributed by atoms with Crippen LogP contribution < -0.4 is 5.32 Å². The van der Waals surface area contributed by atoms with Crippen molar-refractivity contribution in [1.29, 1.82) is 0 Å². The first kappa shape index (κ1) is 18.4. The normalized spacial score (nSPS) is 18.8. The van der Waals surface area contributed by atoms with Crippen LogP contribution in [0.4, 0.5) is 0 Å². The molecular formula is C20H26N2O4. The van der Waals surface area contributed by atoms with Crippen LogP contribution in [0.2, 0.25) is 0 Å². The van der Waals surface area contributed by atoms with Gasteiger partial charge in [0.05, 0.1) is 5.56 Å². The summed E-state index contributed by atoms with van der Waals surface area (Å²) in [4.78, 5) is 37.9. The molecule has 3 rings (SSSR count). The Hall–Kier alpha value is -2.37. The van der Waals surface area contributed by atoms with Gasteiger partial charge in [-0.3, -0.25) is 9.59 Å². The van der Waals surface area contributed by atoms with Crippen LogP contribution in [0.25, 0.3) is 0 Å². The Kier molecular flexibility index (Phi) is 5.91. The summed E-state index contributed by atoms with van der Waals surface area (Å²) < 4.78 is 5.28. The van der Waals surface area contributed by atoms with E-state index in [9.17, 15) is 14.4 Å². The number of benzene rings is 1. The van der Waals surface area contributed by atoms with E-state index in [2.05, 4.69) is 5.32 Å². The van der Waals surface area contributed by atoms with Crippen LogP contribution in [0.5, 0.6) is 0 Å². The third kappa shape index (κ3) is 4.62. The molecule has 0 bridgehead atoms. The molecule has 1 heterocycles. The third-order valence-electron chi connectivity index (χ3n) is 5.09. The van der Waals surface area contributed by atoms with E-state index in [0.717, 1.165) is 44.2 Å². The summed E-state index contributed by atoms with van der Waals surface area (Å²) in [6, 6.07) is 7.22. The molecule has 26 heavy (non-hydrogen) atoms. The molecule has 1 aliphatic heterocycles.